The molecule has 0 radical (unpaired) electrons. The molecule has 0 atom stereocenters. The lowest BCUT2D eigenvalue weighted by Gasteiger charge is -2.36. The molecule has 2 N–H and O–H groups in total. The summed E-state index contributed by atoms with van der Waals surface area (Å²) in [6.45, 7) is 8.63. The van der Waals surface area contributed by atoms with E-state index in [0.29, 0.717) is 43.8 Å². The molecular formula is C17H27ClIN5O2. The van der Waals surface area contributed by atoms with Crippen molar-refractivity contribution in [2.45, 2.75) is 32.8 Å². The van der Waals surface area contributed by atoms with E-state index in [1.54, 1.807) is 17.2 Å². The Balaban J connectivity index is 0.00000338. The normalized spacial score (nSPS) is 15.5. The maximum atomic E-state index is 12.1. The summed E-state index contributed by atoms with van der Waals surface area (Å²) >= 11 is 5.76. The molecule has 2 rings (SSSR count). The van der Waals surface area contributed by atoms with Crippen LogP contribution in [0.15, 0.2) is 23.3 Å². The number of ether oxygens (including phenoxy) is 1. The average molecular weight is 496 g/mol. The number of nitrogens with two attached hydrogens (primary N) is 1. The predicted molar refractivity (Wildman–Crippen MR) is 114 cm³/mol. The molecule has 1 saturated heterocycles. The van der Waals surface area contributed by atoms with E-state index in [0.717, 1.165) is 12.0 Å². The lowest BCUT2D eigenvalue weighted by atomic mass is 10.2. The summed E-state index contributed by atoms with van der Waals surface area (Å²) in [6.07, 6.45) is 2.22. The molecule has 1 aliphatic heterocycles. The Morgan fingerprint density at radius 1 is 1.27 bits per heavy atom. The number of hydrogen-bond acceptors (Lipinski definition) is 4. The molecular weight excluding hydrogens is 469 g/mol. The Morgan fingerprint density at radius 3 is 2.42 bits per heavy atom. The summed E-state index contributed by atoms with van der Waals surface area (Å²) in [7, 11) is 0. The molecule has 1 fully saturated rings. The molecule has 0 aromatic carbocycles. The third-order valence-corrected chi connectivity index (χ3v) is 3.94. The van der Waals surface area contributed by atoms with Gasteiger partial charge in [0.15, 0.2) is 5.96 Å². The van der Waals surface area contributed by atoms with E-state index in [1.165, 1.54) is 0 Å². The highest BCUT2D eigenvalue weighted by molar-refractivity contribution is 14.0. The van der Waals surface area contributed by atoms with Gasteiger partial charge in [-0.2, -0.15) is 0 Å². The molecule has 0 unspecified atom stereocenters. The van der Waals surface area contributed by atoms with Gasteiger partial charge in [-0.3, -0.25) is 4.99 Å². The number of halogens is 2. The predicted octanol–water partition coefficient (Wildman–Crippen LogP) is 2.76. The number of rotatable bonds is 3. The summed E-state index contributed by atoms with van der Waals surface area (Å²) in [4.78, 5) is 24.2. The van der Waals surface area contributed by atoms with Crippen molar-refractivity contribution in [3.8, 4) is 0 Å². The first-order chi connectivity index (χ1) is 11.7. The van der Waals surface area contributed by atoms with E-state index in [2.05, 4.69) is 9.98 Å². The SMILES string of the molecule is CC(C)(C)OC(=O)N1CCN(C(N)=NCCc2ccc(Cl)nc2)CC1.I. The highest BCUT2D eigenvalue weighted by atomic mass is 127. The number of amides is 1. The van der Waals surface area contributed by atoms with Gasteiger partial charge in [-0.1, -0.05) is 17.7 Å². The molecule has 1 aromatic rings. The average Bonchev–Trinajstić information content (AvgIpc) is 2.55. The van der Waals surface area contributed by atoms with Crippen LogP contribution in [0.4, 0.5) is 4.79 Å². The van der Waals surface area contributed by atoms with Gasteiger partial charge in [0.2, 0.25) is 0 Å². The topological polar surface area (TPSA) is 84.0 Å². The molecule has 7 nitrogen and oxygen atoms in total. The van der Waals surface area contributed by atoms with Crippen LogP contribution in [0.3, 0.4) is 0 Å². The Bertz CT molecular complexity index is 611. The van der Waals surface area contributed by atoms with E-state index in [9.17, 15) is 4.79 Å². The van der Waals surface area contributed by atoms with Crippen molar-refractivity contribution in [2.75, 3.05) is 32.7 Å². The molecule has 1 aromatic heterocycles. The van der Waals surface area contributed by atoms with Crippen molar-refractivity contribution in [3.63, 3.8) is 0 Å². The molecule has 146 valence electrons. The van der Waals surface area contributed by atoms with Gasteiger partial charge < -0.3 is 20.3 Å². The van der Waals surface area contributed by atoms with Crippen LogP contribution in [0.2, 0.25) is 5.15 Å². The molecule has 0 bridgehead atoms. The van der Waals surface area contributed by atoms with Gasteiger partial charge in [-0.25, -0.2) is 9.78 Å². The zero-order valence-corrected chi connectivity index (χ0v) is 18.5. The number of aliphatic imine (C=N–C) groups is 1. The van der Waals surface area contributed by atoms with E-state index in [1.807, 2.05) is 31.7 Å². The van der Waals surface area contributed by atoms with Gasteiger partial charge in [0.25, 0.3) is 0 Å². The molecule has 0 spiro atoms. The summed E-state index contributed by atoms with van der Waals surface area (Å²) < 4.78 is 5.39. The number of aromatic nitrogens is 1. The molecule has 9 heteroatoms. The van der Waals surface area contributed by atoms with E-state index in [4.69, 9.17) is 22.1 Å². The fourth-order valence-electron chi connectivity index (χ4n) is 2.40. The lowest BCUT2D eigenvalue weighted by molar-refractivity contribution is 0.0186. The van der Waals surface area contributed by atoms with Crippen molar-refractivity contribution in [1.82, 2.24) is 14.8 Å². The van der Waals surface area contributed by atoms with Gasteiger partial charge in [0, 0.05) is 38.9 Å². The number of pyridine rings is 1. The Kier molecular flexibility index (Phi) is 8.88. The van der Waals surface area contributed by atoms with E-state index < -0.39 is 5.60 Å². The van der Waals surface area contributed by atoms with Crippen LogP contribution in [0.25, 0.3) is 0 Å². The first-order valence-corrected chi connectivity index (χ1v) is 8.75. The number of nitrogens with zero attached hydrogens (tertiary/aromatic N) is 4. The second-order valence-electron chi connectivity index (χ2n) is 6.93. The summed E-state index contributed by atoms with van der Waals surface area (Å²) in [5.41, 5.74) is 6.65. The van der Waals surface area contributed by atoms with Crippen molar-refractivity contribution < 1.29 is 9.53 Å². The van der Waals surface area contributed by atoms with E-state index >= 15 is 0 Å². The van der Waals surface area contributed by atoms with Crippen LogP contribution in [-0.4, -0.2) is 65.2 Å². The number of carbonyl (C=O) groups is 1. The summed E-state index contributed by atoms with van der Waals surface area (Å²) in [5, 5.41) is 0.481. The number of carbonyl (C=O) groups excluding carboxylic acids is 1. The highest BCUT2D eigenvalue weighted by Crippen LogP contribution is 2.12. The van der Waals surface area contributed by atoms with Gasteiger partial charge in [-0.05, 0) is 38.8 Å². The van der Waals surface area contributed by atoms with Crippen LogP contribution in [0, 0.1) is 0 Å². The minimum absolute atomic E-state index is 0. The van der Waals surface area contributed by atoms with Gasteiger partial charge >= 0.3 is 6.09 Å². The smallest absolute Gasteiger partial charge is 0.410 e. The van der Waals surface area contributed by atoms with Crippen molar-refractivity contribution in [1.29, 1.82) is 0 Å². The minimum Gasteiger partial charge on any atom is -0.444 e. The minimum atomic E-state index is -0.481. The lowest BCUT2D eigenvalue weighted by Crippen LogP contribution is -2.53. The molecule has 1 aliphatic rings. The molecule has 26 heavy (non-hydrogen) atoms. The van der Waals surface area contributed by atoms with Crippen molar-refractivity contribution >= 4 is 47.6 Å². The van der Waals surface area contributed by atoms with Crippen LogP contribution in [0.5, 0.6) is 0 Å². The molecule has 0 saturated carbocycles. The second kappa shape index (κ2) is 10.1. The van der Waals surface area contributed by atoms with Gasteiger partial charge in [-0.15, -0.1) is 24.0 Å². The Labute approximate surface area is 177 Å². The van der Waals surface area contributed by atoms with Gasteiger partial charge in [0.05, 0.1) is 0 Å². The first kappa shape index (κ1) is 22.8. The van der Waals surface area contributed by atoms with Crippen LogP contribution < -0.4 is 5.73 Å². The third kappa shape index (κ3) is 7.53. The Hall–Kier alpha value is -1.29. The summed E-state index contributed by atoms with van der Waals surface area (Å²) in [5.74, 6) is 0.505. The quantitative estimate of drug-likeness (QED) is 0.302. The zero-order valence-electron chi connectivity index (χ0n) is 15.4. The Morgan fingerprint density at radius 2 is 1.88 bits per heavy atom. The number of piperazine rings is 1. The number of hydrogen-bond donors (Lipinski definition) is 1. The molecule has 0 aliphatic carbocycles. The fraction of sp³-hybridized carbons (Fsp3) is 0.588. The second-order valence-corrected chi connectivity index (χ2v) is 7.32. The first-order valence-electron chi connectivity index (χ1n) is 8.38. The monoisotopic (exact) mass is 495 g/mol. The largest absolute Gasteiger partial charge is 0.444 e. The van der Waals surface area contributed by atoms with Crippen molar-refractivity contribution in [2.24, 2.45) is 10.7 Å². The molecule has 1 amide bonds. The van der Waals surface area contributed by atoms with Crippen molar-refractivity contribution in [3.05, 3.63) is 29.0 Å². The standard InChI is InChI=1S/C17H26ClN5O2.HI/c1-17(2,3)25-16(24)23-10-8-22(9-11-23)15(19)20-7-6-13-4-5-14(18)21-12-13;/h4-5,12H,6-11H2,1-3H3,(H2,19,20);1H. The number of guanidine groups is 1. The highest BCUT2D eigenvalue weighted by Gasteiger charge is 2.26. The van der Waals surface area contributed by atoms with Gasteiger partial charge in [0.1, 0.15) is 10.8 Å². The van der Waals surface area contributed by atoms with Crippen LogP contribution in [0.1, 0.15) is 26.3 Å². The molecule has 2 heterocycles. The zero-order chi connectivity index (χ0) is 18.4. The third-order valence-electron chi connectivity index (χ3n) is 3.72. The van der Waals surface area contributed by atoms with Crippen LogP contribution in [-0.2, 0) is 11.2 Å². The van der Waals surface area contributed by atoms with E-state index in [-0.39, 0.29) is 30.1 Å². The maximum Gasteiger partial charge on any atom is 0.410 e. The maximum absolute atomic E-state index is 12.1. The fourth-order valence-corrected chi connectivity index (χ4v) is 2.51. The van der Waals surface area contributed by atoms with Crippen LogP contribution >= 0.6 is 35.6 Å². The summed E-state index contributed by atoms with van der Waals surface area (Å²) in [6, 6.07) is 3.69.